The molecular weight excluding hydrogens is 188 g/mol. The molecule has 1 aromatic rings. The van der Waals surface area contributed by atoms with Crippen LogP contribution >= 0.6 is 0 Å². The Morgan fingerprint density at radius 1 is 1.53 bits per heavy atom. The summed E-state index contributed by atoms with van der Waals surface area (Å²) >= 11 is 0. The van der Waals surface area contributed by atoms with E-state index in [1.54, 1.807) is 0 Å². The summed E-state index contributed by atoms with van der Waals surface area (Å²) in [6, 6.07) is 6.04. The molecule has 0 saturated heterocycles. The van der Waals surface area contributed by atoms with Crippen LogP contribution in [0.4, 0.5) is 0 Å². The molecule has 1 atom stereocenters. The first-order chi connectivity index (χ1) is 7.18. The number of amides is 1. The van der Waals surface area contributed by atoms with Gasteiger partial charge in [0, 0.05) is 6.54 Å². The van der Waals surface area contributed by atoms with Gasteiger partial charge in [0.15, 0.2) is 0 Å². The van der Waals surface area contributed by atoms with Crippen molar-refractivity contribution in [1.29, 1.82) is 0 Å². The van der Waals surface area contributed by atoms with Crippen LogP contribution in [0.5, 0.6) is 0 Å². The molecule has 1 aliphatic heterocycles. The van der Waals surface area contributed by atoms with Crippen LogP contribution in [-0.2, 0) is 11.3 Å². The molecule has 1 unspecified atom stereocenters. The number of nitrogens with two attached hydrogens (primary N) is 1. The van der Waals surface area contributed by atoms with Crippen molar-refractivity contribution in [3.63, 3.8) is 0 Å². The average Bonchev–Trinajstić information content (AvgIpc) is 2.27. The SMILES string of the molecule is CC(C(N)=O)c1ccc2c(c1)C=CNC2. The van der Waals surface area contributed by atoms with Crippen molar-refractivity contribution in [2.75, 3.05) is 0 Å². The highest BCUT2D eigenvalue weighted by Crippen LogP contribution is 2.21. The highest BCUT2D eigenvalue weighted by atomic mass is 16.1. The molecule has 1 aromatic carbocycles. The minimum Gasteiger partial charge on any atom is -0.387 e. The Kier molecular flexibility index (Phi) is 2.46. The molecule has 15 heavy (non-hydrogen) atoms. The van der Waals surface area contributed by atoms with E-state index >= 15 is 0 Å². The van der Waals surface area contributed by atoms with Crippen LogP contribution in [0, 0.1) is 0 Å². The predicted molar refractivity (Wildman–Crippen MR) is 59.9 cm³/mol. The van der Waals surface area contributed by atoms with Gasteiger partial charge in [0.2, 0.25) is 5.91 Å². The Morgan fingerprint density at radius 2 is 2.33 bits per heavy atom. The van der Waals surface area contributed by atoms with E-state index in [0.717, 1.165) is 12.1 Å². The highest BCUT2D eigenvalue weighted by molar-refractivity contribution is 5.81. The second-order valence-electron chi connectivity index (χ2n) is 3.80. The largest absolute Gasteiger partial charge is 0.387 e. The van der Waals surface area contributed by atoms with Crippen molar-refractivity contribution >= 4 is 12.0 Å². The number of carbonyl (C=O) groups is 1. The minimum atomic E-state index is -0.284. The summed E-state index contributed by atoms with van der Waals surface area (Å²) in [5, 5.41) is 3.14. The zero-order valence-corrected chi connectivity index (χ0v) is 8.66. The van der Waals surface area contributed by atoms with Crippen molar-refractivity contribution in [3.8, 4) is 0 Å². The topological polar surface area (TPSA) is 55.1 Å². The second-order valence-corrected chi connectivity index (χ2v) is 3.80. The van der Waals surface area contributed by atoms with Gasteiger partial charge in [0.05, 0.1) is 5.92 Å². The van der Waals surface area contributed by atoms with Crippen molar-refractivity contribution < 1.29 is 4.79 Å². The fraction of sp³-hybridized carbons (Fsp3) is 0.250. The van der Waals surface area contributed by atoms with Crippen molar-refractivity contribution in [2.24, 2.45) is 5.73 Å². The second kappa shape index (κ2) is 3.77. The Hall–Kier alpha value is -1.77. The lowest BCUT2D eigenvalue weighted by Gasteiger charge is -2.15. The molecular formula is C12H14N2O. The molecule has 2 rings (SSSR count). The van der Waals surface area contributed by atoms with Gasteiger partial charge in [0.25, 0.3) is 0 Å². The van der Waals surface area contributed by atoms with Gasteiger partial charge >= 0.3 is 0 Å². The number of fused-ring (bicyclic) bond motifs is 1. The zero-order valence-electron chi connectivity index (χ0n) is 8.66. The average molecular weight is 202 g/mol. The number of nitrogens with one attached hydrogen (secondary N) is 1. The first kappa shape index (κ1) is 9.77. The molecule has 1 heterocycles. The summed E-state index contributed by atoms with van der Waals surface area (Å²) in [5.41, 5.74) is 8.67. The van der Waals surface area contributed by atoms with E-state index < -0.39 is 0 Å². The van der Waals surface area contributed by atoms with E-state index in [2.05, 4.69) is 5.32 Å². The number of carbonyl (C=O) groups excluding carboxylic acids is 1. The van der Waals surface area contributed by atoms with Crippen LogP contribution in [0.15, 0.2) is 24.4 Å². The molecule has 0 bridgehead atoms. The lowest BCUT2D eigenvalue weighted by atomic mass is 9.95. The summed E-state index contributed by atoms with van der Waals surface area (Å²) in [7, 11) is 0. The number of hydrogen-bond donors (Lipinski definition) is 2. The summed E-state index contributed by atoms with van der Waals surface area (Å²) in [4.78, 5) is 11.1. The molecule has 0 fully saturated rings. The van der Waals surface area contributed by atoms with Crippen LogP contribution < -0.4 is 11.1 Å². The molecule has 78 valence electrons. The normalized spacial score (nSPS) is 15.3. The maximum Gasteiger partial charge on any atom is 0.224 e. The standard InChI is InChI=1S/C12H14N2O/c1-8(12(13)15)9-2-3-11-7-14-5-4-10(11)6-9/h2-6,8,14H,7H2,1H3,(H2,13,15). The highest BCUT2D eigenvalue weighted by Gasteiger charge is 2.13. The van der Waals surface area contributed by atoms with E-state index in [1.165, 1.54) is 11.1 Å². The van der Waals surface area contributed by atoms with E-state index in [9.17, 15) is 4.79 Å². The van der Waals surface area contributed by atoms with E-state index in [-0.39, 0.29) is 11.8 Å². The maximum absolute atomic E-state index is 11.1. The first-order valence-corrected chi connectivity index (χ1v) is 5.00. The zero-order chi connectivity index (χ0) is 10.8. The van der Waals surface area contributed by atoms with Gasteiger partial charge in [-0.1, -0.05) is 18.2 Å². The quantitative estimate of drug-likeness (QED) is 0.760. The molecule has 0 radical (unpaired) electrons. The summed E-state index contributed by atoms with van der Waals surface area (Å²) < 4.78 is 0. The molecule has 3 heteroatoms. The molecule has 3 N–H and O–H groups in total. The van der Waals surface area contributed by atoms with Gasteiger partial charge < -0.3 is 11.1 Å². The Labute approximate surface area is 89.0 Å². The summed E-state index contributed by atoms with van der Waals surface area (Å²) in [5.74, 6) is -0.508. The third kappa shape index (κ3) is 1.86. The van der Waals surface area contributed by atoms with E-state index in [0.29, 0.717) is 0 Å². The molecule has 1 aliphatic rings. The molecule has 0 spiro atoms. The Bertz CT molecular complexity index is 424. The van der Waals surface area contributed by atoms with Crippen LogP contribution in [0.1, 0.15) is 29.5 Å². The van der Waals surface area contributed by atoms with Crippen LogP contribution in [-0.4, -0.2) is 5.91 Å². The first-order valence-electron chi connectivity index (χ1n) is 5.00. The number of benzene rings is 1. The molecule has 0 aliphatic carbocycles. The molecule has 0 aromatic heterocycles. The third-order valence-corrected chi connectivity index (χ3v) is 2.77. The van der Waals surface area contributed by atoms with Crippen LogP contribution in [0.3, 0.4) is 0 Å². The lowest BCUT2D eigenvalue weighted by molar-refractivity contribution is -0.119. The van der Waals surface area contributed by atoms with Crippen LogP contribution in [0.25, 0.3) is 6.08 Å². The fourth-order valence-corrected chi connectivity index (χ4v) is 1.68. The summed E-state index contributed by atoms with van der Waals surface area (Å²) in [6.45, 7) is 2.67. The number of rotatable bonds is 2. The van der Waals surface area contributed by atoms with Gasteiger partial charge in [-0.2, -0.15) is 0 Å². The number of hydrogen-bond acceptors (Lipinski definition) is 2. The molecule has 0 saturated carbocycles. The Morgan fingerprint density at radius 3 is 3.07 bits per heavy atom. The van der Waals surface area contributed by atoms with Gasteiger partial charge in [-0.15, -0.1) is 0 Å². The monoisotopic (exact) mass is 202 g/mol. The van der Waals surface area contributed by atoms with Crippen LogP contribution in [0.2, 0.25) is 0 Å². The predicted octanol–water partition coefficient (Wildman–Crippen LogP) is 1.35. The Balaban J connectivity index is 2.37. The van der Waals surface area contributed by atoms with E-state index in [1.807, 2.05) is 37.4 Å². The van der Waals surface area contributed by atoms with Gasteiger partial charge in [-0.05, 0) is 35.9 Å². The van der Waals surface area contributed by atoms with Gasteiger partial charge in [0.1, 0.15) is 0 Å². The smallest absolute Gasteiger partial charge is 0.224 e. The van der Waals surface area contributed by atoms with Crippen molar-refractivity contribution in [3.05, 3.63) is 41.1 Å². The molecule has 1 amide bonds. The van der Waals surface area contributed by atoms with Gasteiger partial charge in [-0.25, -0.2) is 0 Å². The third-order valence-electron chi connectivity index (χ3n) is 2.77. The lowest BCUT2D eigenvalue weighted by Crippen LogP contribution is -2.19. The number of primary amides is 1. The minimum absolute atomic E-state index is 0.224. The van der Waals surface area contributed by atoms with Gasteiger partial charge in [-0.3, -0.25) is 4.79 Å². The van der Waals surface area contributed by atoms with Crippen molar-refractivity contribution in [2.45, 2.75) is 19.4 Å². The van der Waals surface area contributed by atoms with Crippen molar-refractivity contribution in [1.82, 2.24) is 5.32 Å². The fourth-order valence-electron chi connectivity index (χ4n) is 1.68. The molecule has 3 nitrogen and oxygen atoms in total. The van der Waals surface area contributed by atoms with E-state index in [4.69, 9.17) is 5.73 Å². The summed E-state index contributed by atoms with van der Waals surface area (Å²) in [6.07, 6.45) is 3.93. The maximum atomic E-state index is 11.1.